The monoisotopic (exact) mass is 457 g/mol. The third kappa shape index (κ3) is 6.55. The molecule has 4 nitrogen and oxygen atoms in total. The fourth-order valence-electron chi connectivity index (χ4n) is 3.04. The van der Waals surface area contributed by atoms with Crippen molar-refractivity contribution in [3.05, 3.63) is 28.0 Å². The minimum absolute atomic E-state index is 0.0383. The highest BCUT2D eigenvalue weighted by atomic mass is 79.9. The second-order valence-electron chi connectivity index (χ2n) is 7.59. The van der Waals surface area contributed by atoms with Crippen LogP contribution in [0.2, 0.25) is 0 Å². The zero-order valence-electron chi connectivity index (χ0n) is 15.8. The fourth-order valence-corrected chi connectivity index (χ4v) is 3.47. The lowest BCUT2D eigenvalue weighted by Gasteiger charge is -2.39. The molecule has 0 spiro atoms. The van der Waals surface area contributed by atoms with E-state index in [1.54, 1.807) is 34.6 Å². The maximum absolute atomic E-state index is 14.0. The normalized spacial score (nSPS) is 14.6. The SMILES string of the molecule is CC(COc1c(F)cc(Br)cc1C(F)(F)F)CC(C)N(C(=O)O)C(C)(C)C. The summed E-state index contributed by atoms with van der Waals surface area (Å²) in [5, 5.41) is 9.40. The standard InChI is InChI=1S/C18H24BrF4NO3/c1-10(6-11(2)24(16(25)26)17(3,4)5)9-27-15-13(18(21,22)23)7-12(19)8-14(15)20/h7-8,10-11H,6,9H2,1-5H3,(H,25,26). The van der Waals surface area contributed by atoms with Gasteiger partial charge in [0, 0.05) is 16.1 Å². The zero-order valence-corrected chi connectivity index (χ0v) is 17.4. The molecule has 0 aliphatic carbocycles. The molecule has 0 saturated heterocycles. The summed E-state index contributed by atoms with van der Waals surface area (Å²) in [4.78, 5) is 12.8. The first kappa shape index (κ1) is 23.5. The number of ether oxygens (including phenoxy) is 1. The molecule has 0 aliphatic rings. The molecule has 0 heterocycles. The number of benzene rings is 1. The van der Waals surface area contributed by atoms with E-state index in [9.17, 15) is 27.5 Å². The summed E-state index contributed by atoms with van der Waals surface area (Å²) >= 11 is 2.84. The van der Waals surface area contributed by atoms with Crippen molar-refractivity contribution in [3.63, 3.8) is 0 Å². The van der Waals surface area contributed by atoms with Crippen LogP contribution in [-0.2, 0) is 6.18 Å². The highest BCUT2D eigenvalue weighted by Gasteiger charge is 2.37. The summed E-state index contributed by atoms with van der Waals surface area (Å²) < 4.78 is 58.5. The summed E-state index contributed by atoms with van der Waals surface area (Å²) in [5.41, 5.74) is -1.83. The van der Waals surface area contributed by atoms with Crippen LogP contribution in [0.25, 0.3) is 0 Å². The third-order valence-electron chi connectivity index (χ3n) is 3.94. The molecule has 0 fully saturated rings. The van der Waals surface area contributed by atoms with Crippen molar-refractivity contribution in [3.8, 4) is 5.75 Å². The van der Waals surface area contributed by atoms with E-state index in [1.807, 2.05) is 0 Å². The van der Waals surface area contributed by atoms with Gasteiger partial charge in [0.2, 0.25) is 0 Å². The summed E-state index contributed by atoms with van der Waals surface area (Å²) in [6, 6.07) is 1.28. The molecule has 2 unspecified atom stereocenters. The second-order valence-corrected chi connectivity index (χ2v) is 8.50. The Morgan fingerprint density at radius 2 is 1.81 bits per heavy atom. The van der Waals surface area contributed by atoms with Crippen molar-refractivity contribution < 1.29 is 32.2 Å². The van der Waals surface area contributed by atoms with E-state index in [-0.39, 0.29) is 17.0 Å². The number of carbonyl (C=O) groups is 1. The van der Waals surface area contributed by atoms with Gasteiger partial charge in [-0.05, 0) is 52.2 Å². The highest BCUT2D eigenvalue weighted by molar-refractivity contribution is 9.10. The van der Waals surface area contributed by atoms with Crippen LogP contribution < -0.4 is 4.74 Å². The highest BCUT2D eigenvalue weighted by Crippen LogP contribution is 2.40. The lowest BCUT2D eigenvalue weighted by Crippen LogP contribution is -2.50. The Morgan fingerprint density at radius 1 is 1.26 bits per heavy atom. The van der Waals surface area contributed by atoms with Crippen molar-refractivity contribution in [2.45, 2.75) is 58.8 Å². The van der Waals surface area contributed by atoms with Gasteiger partial charge in [0.05, 0.1) is 6.61 Å². The summed E-state index contributed by atoms with van der Waals surface area (Å²) in [6.07, 6.45) is -5.49. The number of nitrogens with zero attached hydrogens (tertiary/aromatic N) is 1. The molecule has 1 amide bonds. The van der Waals surface area contributed by atoms with Gasteiger partial charge in [-0.3, -0.25) is 0 Å². The molecule has 2 atom stereocenters. The van der Waals surface area contributed by atoms with Crippen LogP contribution in [0.1, 0.15) is 46.6 Å². The number of carboxylic acid groups (broad SMARTS) is 1. The molecule has 9 heteroatoms. The fraction of sp³-hybridized carbons (Fsp3) is 0.611. The zero-order chi connectivity index (χ0) is 21.2. The van der Waals surface area contributed by atoms with Crippen molar-refractivity contribution in [2.75, 3.05) is 6.61 Å². The molecule has 0 aromatic heterocycles. The van der Waals surface area contributed by atoms with Crippen LogP contribution in [0, 0.1) is 11.7 Å². The predicted molar refractivity (Wildman–Crippen MR) is 97.5 cm³/mol. The Morgan fingerprint density at radius 3 is 2.26 bits per heavy atom. The van der Waals surface area contributed by atoms with Crippen LogP contribution >= 0.6 is 15.9 Å². The molecular formula is C18H24BrF4NO3. The minimum Gasteiger partial charge on any atom is -0.490 e. The van der Waals surface area contributed by atoms with Gasteiger partial charge in [-0.15, -0.1) is 0 Å². The topological polar surface area (TPSA) is 49.8 Å². The van der Waals surface area contributed by atoms with E-state index >= 15 is 0 Å². The quantitative estimate of drug-likeness (QED) is 0.518. The first-order valence-corrected chi connectivity index (χ1v) is 9.15. The van der Waals surface area contributed by atoms with E-state index in [4.69, 9.17) is 4.74 Å². The minimum atomic E-state index is -4.76. The molecule has 0 aliphatic heterocycles. The number of alkyl halides is 3. The molecule has 1 N–H and O–H groups in total. The van der Waals surface area contributed by atoms with Crippen LogP contribution in [0.15, 0.2) is 16.6 Å². The van der Waals surface area contributed by atoms with Crippen molar-refractivity contribution in [1.82, 2.24) is 4.90 Å². The first-order valence-electron chi connectivity index (χ1n) is 8.35. The van der Waals surface area contributed by atoms with E-state index < -0.39 is 41.0 Å². The second kappa shape index (κ2) is 8.67. The molecule has 154 valence electrons. The van der Waals surface area contributed by atoms with Gasteiger partial charge >= 0.3 is 12.3 Å². The Kier molecular flexibility index (Phi) is 7.55. The van der Waals surface area contributed by atoms with Gasteiger partial charge in [-0.2, -0.15) is 13.2 Å². The number of hydrogen-bond acceptors (Lipinski definition) is 2. The van der Waals surface area contributed by atoms with E-state index in [2.05, 4.69) is 15.9 Å². The molecule has 1 aromatic carbocycles. The summed E-state index contributed by atoms with van der Waals surface area (Å²) in [7, 11) is 0. The maximum Gasteiger partial charge on any atom is 0.420 e. The van der Waals surface area contributed by atoms with Gasteiger partial charge < -0.3 is 14.7 Å². The van der Waals surface area contributed by atoms with E-state index in [0.29, 0.717) is 6.42 Å². The molecule has 1 aromatic rings. The lowest BCUT2D eigenvalue weighted by atomic mass is 9.97. The molecular weight excluding hydrogens is 434 g/mol. The predicted octanol–water partition coefficient (Wildman–Crippen LogP) is 6.18. The smallest absolute Gasteiger partial charge is 0.420 e. The van der Waals surface area contributed by atoms with Gasteiger partial charge in [-0.1, -0.05) is 22.9 Å². The van der Waals surface area contributed by atoms with Crippen LogP contribution in [0.4, 0.5) is 22.4 Å². The molecule has 0 saturated carbocycles. The van der Waals surface area contributed by atoms with Crippen LogP contribution in [-0.4, -0.2) is 34.3 Å². The summed E-state index contributed by atoms with van der Waals surface area (Å²) in [6.45, 7) is 8.52. The average Bonchev–Trinajstić information content (AvgIpc) is 2.42. The van der Waals surface area contributed by atoms with Gasteiger partial charge in [0.1, 0.15) is 5.56 Å². The first-order chi connectivity index (χ1) is 12.1. The van der Waals surface area contributed by atoms with Crippen molar-refractivity contribution in [2.24, 2.45) is 5.92 Å². The molecule has 0 bridgehead atoms. The lowest BCUT2D eigenvalue weighted by molar-refractivity contribution is -0.139. The number of amides is 1. The number of hydrogen-bond donors (Lipinski definition) is 1. The third-order valence-corrected chi connectivity index (χ3v) is 4.40. The number of rotatable bonds is 6. The largest absolute Gasteiger partial charge is 0.490 e. The molecule has 0 radical (unpaired) electrons. The molecule has 1 rings (SSSR count). The molecule has 27 heavy (non-hydrogen) atoms. The Bertz CT molecular complexity index is 674. The Balaban J connectivity index is 2.89. The summed E-state index contributed by atoms with van der Waals surface area (Å²) in [5.74, 6) is -2.26. The Hall–Kier alpha value is -1.51. The van der Waals surface area contributed by atoms with Crippen molar-refractivity contribution in [1.29, 1.82) is 0 Å². The van der Waals surface area contributed by atoms with Gasteiger partial charge in [0.15, 0.2) is 11.6 Å². The van der Waals surface area contributed by atoms with E-state index in [1.165, 1.54) is 4.90 Å². The maximum atomic E-state index is 14.0. The van der Waals surface area contributed by atoms with E-state index in [0.717, 1.165) is 12.1 Å². The van der Waals surface area contributed by atoms with Gasteiger partial charge in [-0.25, -0.2) is 9.18 Å². The average molecular weight is 458 g/mol. The van der Waals surface area contributed by atoms with Crippen LogP contribution in [0.3, 0.4) is 0 Å². The Labute approximate surface area is 164 Å². The number of halogens is 5. The van der Waals surface area contributed by atoms with Crippen LogP contribution in [0.5, 0.6) is 5.75 Å². The van der Waals surface area contributed by atoms with Gasteiger partial charge in [0.25, 0.3) is 0 Å². The van der Waals surface area contributed by atoms with Crippen molar-refractivity contribution >= 4 is 22.0 Å².